The van der Waals surface area contributed by atoms with Crippen LogP contribution in [0.3, 0.4) is 0 Å². The summed E-state index contributed by atoms with van der Waals surface area (Å²) in [6.45, 7) is 2.90. The first-order valence-electron chi connectivity index (χ1n) is 4.23. The largest absolute Gasteiger partial charge is 0.249 e. The number of nitrogens with zero attached hydrogens (tertiary/aromatic N) is 3. The normalized spacial score (nSPS) is 10.2. The first kappa shape index (κ1) is 7.98. The maximum atomic E-state index is 4.06. The molecular weight excluding hydrogens is 162 g/mol. The van der Waals surface area contributed by atoms with E-state index in [4.69, 9.17) is 0 Å². The molecule has 0 saturated heterocycles. The predicted molar refractivity (Wildman–Crippen MR) is 50.3 cm³/mol. The van der Waals surface area contributed by atoms with Crippen LogP contribution in [-0.4, -0.2) is 14.8 Å². The molecule has 66 valence electrons. The molecular formula is C10H11N3. The fraction of sp³-hybridized carbons (Fsp3) is 0.200. The summed E-state index contributed by atoms with van der Waals surface area (Å²) in [5.41, 5.74) is 2.58. The molecule has 3 nitrogen and oxygen atoms in total. The number of hydrogen-bond acceptors (Lipinski definition) is 2. The number of aromatic nitrogens is 3. The Balaban J connectivity index is 2.24. The molecule has 0 radical (unpaired) electrons. The van der Waals surface area contributed by atoms with Crippen molar-refractivity contribution in [1.29, 1.82) is 0 Å². The van der Waals surface area contributed by atoms with Gasteiger partial charge in [-0.1, -0.05) is 24.3 Å². The highest BCUT2D eigenvalue weighted by Crippen LogP contribution is 2.07. The molecule has 3 heteroatoms. The van der Waals surface area contributed by atoms with Crippen LogP contribution in [0, 0.1) is 6.92 Å². The predicted octanol–water partition coefficient (Wildman–Crippen LogP) is 1.63. The van der Waals surface area contributed by atoms with E-state index in [0.29, 0.717) is 0 Å². The molecule has 1 aromatic heterocycles. The molecule has 0 aliphatic rings. The summed E-state index contributed by atoms with van der Waals surface area (Å²) >= 11 is 0. The molecule has 0 amide bonds. The van der Waals surface area contributed by atoms with Crippen molar-refractivity contribution in [2.75, 3.05) is 0 Å². The molecule has 0 atom stereocenters. The topological polar surface area (TPSA) is 30.7 Å². The molecule has 1 heterocycles. The highest BCUT2D eigenvalue weighted by atomic mass is 15.3. The van der Waals surface area contributed by atoms with E-state index in [-0.39, 0.29) is 0 Å². The Hall–Kier alpha value is -1.64. The molecule has 0 fully saturated rings. The van der Waals surface area contributed by atoms with E-state index in [1.54, 1.807) is 12.7 Å². The Morgan fingerprint density at radius 3 is 2.85 bits per heavy atom. The van der Waals surface area contributed by atoms with Crippen LogP contribution < -0.4 is 0 Å². The Bertz CT molecular complexity index is 379. The zero-order chi connectivity index (χ0) is 9.10. The number of rotatable bonds is 2. The molecule has 1 aromatic carbocycles. The molecule has 0 saturated carbocycles. The summed E-state index contributed by atoms with van der Waals surface area (Å²) in [6, 6.07) is 8.29. The van der Waals surface area contributed by atoms with Gasteiger partial charge in [-0.25, -0.2) is 9.67 Å². The van der Waals surface area contributed by atoms with Gasteiger partial charge in [-0.05, 0) is 18.1 Å². The Labute approximate surface area is 77.0 Å². The zero-order valence-electron chi connectivity index (χ0n) is 7.51. The van der Waals surface area contributed by atoms with E-state index in [1.165, 1.54) is 11.1 Å². The highest BCUT2D eigenvalue weighted by molar-refractivity contribution is 5.25. The van der Waals surface area contributed by atoms with E-state index >= 15 is 0 Å². The van der Waals surface area contributed by atoms with Crippen molar-refractivity contribution in [3.05, 3.63) is 48.0 Å². The molecule has 0 aliphatic heterocycles. The van der Waals surface area contributed by atoms with E-state index in [0.717, 1.165) is 6.54 Å². The van der Waals surface area contributed by atoms with Gasteiger partial charge in [0.1, 0.15) is 12.7 Å². The smallest absolute Gasteiger partial charge is 0.137 e. The molecule has 0 aliphatic carbocycles. The van der Waals surface area contributed by atoms with Crippen LogP contribution in [0.2, 0.25) is 0 Å². The first-order valence-corrected chi connectivity index (χ1v) is 4.23. The van der Waals surface area contributed by atoms with Crippen molar-refractivity contribution in [3.8, 4) is 0 Å². The van der Waals surface area contributed by atoms with Gasteiger partial charge in [0.25, 0.3) is 0 Å². The molecule has 0 unspecified atom stereocenters. The van der Waals surface area contributed by atoms with Gasteiger partial charge in [-0.2, -0.15) is 5.10 Å². The van der Waals surface area contributed by atoms with Crippen LogP contribution in [0.4, 0.5) is 0 Å². The van der Waals surface area contributed by atoms with Crippen molar-refractivity contribution in [2.24, 2.45) is 0 Å². The van der Waals surface area contributed by atoms with Crippen molar-refractivity contribution in [1.82, 2.24) is 14.8 Å². The average molecular weight is 173 g/mol. The molecule has 2 rings (SSSR count). The van der Waals surface area contributed by atoms with Crippen LogP contribution in [0.25, 0.3) is 0 Å². The molecule has 0 bridgehead atoms. The van der Waals surface area contributed by atoms with Gasteiger partial charge in [0, 0.05) is 0 Å². The van der Waals surface area contributed by atoms with Crippen LogP contribution >= 0.6 is 0 Å². The third-order valence-electron chi connectivity index (χ3n) is 2.06. The summed E-state index contributed by atoms with van der Waals surface area (Å²) in [5, 5.41) is 4.06. The van der Waals surface area contributed by atoms with E-state index in [1.807, 2.05) is 16.8 Å². The lowest BCUT2D eigenvalue weighted by Gasteiger charge is -2.03. The lowest BCUT2D eigenvalue weighted by atomic mass is 10.1. The van der Waals surface area contributed by atoms with Crippen LogP contribution in [0.5, 0.6) is 0 Å². The van der Waals surface area contributed by atoms with Crippen LogP contribution in [0.15, 0.2) is 36.9 Å². The maximum absolute atomic E-state index is 4.06. The standard InChI is InChI=1S/C10H11N3/c1-9-4-2-3-5-10(9)6-13-8-11-7-12-13/h2-5,7-8H,6H2,1H3. The average Bonchev–Trinajstić information content (AvgIpc) is 2.61. The summed E-state index contributed by atoms with van der Waals surface area (Å²) < 4.78 is 1.82. The van der Waals surface area contributed by atoms with E-state index < -0.39 is 0 Å². The highest BCUT2D eigenvalue weighted by Gasteiger charge is 1.97. The quantitative estimate of drug-likeness (QED) is 0.691. The minimum Gasteiger partial charge on any atom is -0.249 e. The number of benzene rings is 1. The fourth-order valence-electron chi connectivity index (χ4n) is 1.28. The molecule has 13 heavy (non-hydrogen) atoms. The van der Waals surface area contributed by atoms with Crippen molar-refractivity contribution in [3.63, 3.8) is 0 Å². The van der Waals surface area contributed by atoms with Gasteiger partial charge in [0.2, 0.25) is 0 Å². The van der Waals surface area contributed by atoms with Gasteiger partial charge >= 0.3 is 0 Å². The summed E-state index contributed by atoms with van der Waals surface area (Å²) in [5.74, 6) is 0. The van der Waals surface area contributed by atoms with Crippen LogP contribution in [-0.2, 0) is 6.54 Å². The van der Waals surface area contributed by atoms with Gasteiger partial charge < -0.3 is 0 Å². The summed E-state index contributed by atoms with van der Waals surface area (Å²) in [7, 11) is 0. The molecule has 2 aromatic rings. The van der Waals surface area contributed by atoms with Gasteiger partial charge in [-0.3, -0.25) is 0 Å². The number of hydrogen-bond donors (Lipinski definition) is 0. The second-order valence-corrected chi connectivity index (χ2v) is 3.02. The third kappa shape index (κ3) is 1.75. The van der Waals surface area contributed by atoms with E-state index in [2.05, 4.69) is 29.1 Å². The van der Waals surface area contributed by atoms with Gasteiger partial charge in [0.15, 0.2) is 0 Å². The van der Waals surface area contributed by atoms with Crippen molar-refractivity contribution < 1.29 is 0 Å². The SMILES string of the molecule is Cc1ccccc1Cn1cncn1. The van der Waals surface area contributed by atoms with Crippen LogP contribution in [0.1, 0.15) is 11.1 Å². The second kappa shape index (κ2) is 3.39. The minimum absolute atomic E-state index is 0.798. The third-order valence-corrected chi connectivity index (χ3v) is 2.06. The Kier molecular flexibility index (Phi) is 2.08. The Morgan fingerprint density at radius 2 is 2.15 bits per heavy atom. The van der Waals surface area contributed by atoms with Crippen molar-refractivity contribution in [2.45, 2.75) is 13.5 Å². The lowest BCUT2D eigenvalue weighted by molar-refractivity contribution is 0.682. The fourth-order valence-corrected chi connectivity index (χ4v) is 1.28. The first-order chi connectivity index (χ1) is 6.36. The monoisotopic (exact) mass is 173 g/mol. The maximum Gasteiger partial charge on any atom is 0.137 e. The number of aryl methyl sites for hydroxylation is 1. The van der Waals surface area contributed by atoms with E-state index in [9.17, 15) is 0 Å². The summed E-state index contributed by atoms with van der Waals surface area (Å²) in [6.07, 6.45) is 3.28. The molecule has 0 spiro atoms. The zero-order valence-corrected chi connectivity index (χ0v) is 7.51. The Morgan fingerprint density at radius 1 is 1.31 bits per heavy atom. The lowest BCUT2D eigenvalue weighted by Crippen LogP contribution is -2.01. The minimum atomic E-state index is 0.798. The molecule has 0 N–H and O–H groups in total. The second-order valence-electron chi connectivity index (χ2n) is 3.02. The van der Waals surface area contributed by atoms with Crippen molar-refractivity contribution >= 4 is 0 Å². The van der Waals surface area contributed by atoms with Gasteiger partial charge in [0.05, 0.1) is 6.54 Å². The summed E-state index contributed by atoms with van der Waals surface area (Å²) in [4.78, 5) is 3.90. The van der Waals surface area contributed by atoms with Gasteiger partial charge in [-0.15, -0.1) is 0 Å².